The van der Waals surface area contributed by atoms with Gasteiger partial charge < -0.3 is 4.67 Å². The summed E-state index contributed by atoms with van der Waals surface area (Å²) in [5.74, 6) is 0.346. The Morgan fingerprint density at radius 3 is 2.43 bits per heavy atom. The smallest absolute Gasteiger partial charge is 0.168 e. The summed E-state index contributed by atoms with van der Waals surface area (Å²) in [6.45, 7) is 6.76. The van der Waals surface area contributed by atoms with Crippen LogP contribution in [0, 0.1) is 0 Å². The van der Waals surface area contributed by atoms with Gasteiger partial charge in [0.15, 0.2) is 8.24 Å². The Balaban J connectivity index is 2.63. The minimum Gasteiger partial charge on any atom is -0.328 e. The summed E-state index contributed by atoms with van der Waals surface area (Å²) in [5, 5.41) is 4.55. The van der Waals surface area contributed by atoms with E-state index in [1.807, 2.05) is 7.05 Å². The third kappa shape index (κ3) is 3.25. The second-order valence-corrected chi connectivity index (χ2v) is 9.92. The summed E-state index contributed by atoms with van der Waals surface area (Å²) in [5.41, 5.74) is 1.08. The third-order valence-electron chi connectivity index (χ3n) is 2.58. The van der Waals surface area contributed by atoms with Crippen molar-refractivity contribution in [3.05, 3.63) is 0 Å². The highest BCUT2D eigenvalue weighted by molar-refractivity contribution is 6.73. The molecule has 80 valence electrons. The van der Waals surface area contributed by atoms with Gasteiger partial charge in [0.05, 0.1) is 0 Å². The quantitative estimate of drug-likeness (QED) is 0.519. The zero-order valence-corrected chi connectivity index (χ0v) is 10.6. The average Bonchev–Trinajstić information content (AvgIpc) is 2.02. The Morgan fingerprint density at radius 2 is 1.93 bits per heavy atom. The van der Waals surface area contributed by atoms with Gasteiger partial charge in [-0.05, 0) is 12.8 Å². The van der Waals surface area contributed by atoms with Crippen molar-refractivity contribution in [3.8, 4) is 0 Å². The Hall–Kier alpha value is -0.643. The highest BCUT2D eigenvalue weighted by Gasteiger charge is 2.21. The van der Waals surface area contributed by atoms with E-state index in [0.717, 1.165) is 25.0 Å². The predicted molar refractivity (Wildman–Crippen MR) is 62.0 cm³/mol. The lowest BCUT2D eigenvalue weighted by Gasteiger charge is -2.28. The monoisotopic (exact) mass is 212 g/mol. The van der Waals surface area contributed by atoms with Gasteiger partial charge in [-0.15, -0.1) is 0 Å². The molecule has 1 aliphatic rings. The van der Waals surface area contributed by atoms with Gasteiger partial charge in [-0.3, -0.25) is 4.79 Å². The fourth-order valence-corrected chi connectivity index (χ4v) is 1.78. The fourth-order valence-electron chi connectivity index (χ4n) is 1.34. The third-order valence-corrected chi connectivity index (χ3v) is 4.63. The van der Waals surface area contributed by atoms with Crippen LogP contribution in [-0.2, 0) is 4.79 Å². The van der Waals surface area contributed by atoms with Gasteiger partial charge in [0.1, 0.15) is 5.78 Å². The first-order chi connectivity index (χ1) is 6.39. The van der Waals surface area contributed by atoms with Gasteiger partial charge >= 0.3 is 0 Å². The summed E-state index contributed by atoms with van der Waals surface area (Å²) >= 11 is 0. The standard InChI is InChI=1S/C10H20N2OSi/c1-12(14(2,3)4)11-9-6-5-7-10(13)8-9/h5-8H2,1-4H3/b11-9-. The van der Waals surface area contributed by atoms with Crippen LogP contribution in [0.15, 0.2) is 5.10 Å². The van der Waals surface area contributed by atoms with Crippen LogP contribution in [0.4, 0.5) is 0 Å². The largest absolute Gasteiger partial charge is 0.328 e. The SMILES string of the molecule is CN(/N=C1/CCCC(=O)C1)[Si](C)(C)C. The number of Topliss-reactive ketones (excluding diaryl/α,β-unsaturated/α-hetero) is 1. The normalized spacial score (nSPS) is 21.4. The van der Waals surface area contributed by atoms with Crippen LogP contribution in [0.3, 0.4) is 0 Å². The molecule has 0 aromatic carbocycles. The van der Waals surface area contributed by atoms with Crippen LogP contribution in [0.1, 0.15) is 25.7 Å². The molecule has 0 saturated heterocycles. The van der Waals surface area contributed by atoms with E-state index in [0.29, 0.717) is 12.2 Å². The molecule has 4 heteroatoms. The van der Waals surface area contributed by atoms with Crippen LogP contribution < -0.4 is 0 Å². The van der Waals surface area contributed by atoms with E-state index in [1.54, 1.807) is 0 Å². The second-order valence-electron chi connectivity index (χ2n) is 4.93. The van der Waals surface area contributed by atoms with Crippen molar-refractivity contribution in [3.63, 3.8) is 0 Å². The predicted octanol–water partition coefficient (Wildman–Crippen LogP) is 2.25. The lowest BCUT2D eigenvalue weighted by atomic mass is 9.97. The molecule has 0 heterocycles. The lowest BCUT2D eigenvalue weighted by Crippen LogP contribution is -2.40. The molecule has 0 aromatic rings. The summed E-state index contributed by atoms with van der Waals surface area (Å²) in [7, 11) is 0.694. The summed E-state index contributed by atoms with van der Waals surface area (Å²) in [6.07, 6.45) is 3.31. The van der Waals surface area contributed by atoms with Crippen molar-refractivity contribution in [1.82, 2.24) is 4.67 Å². The maximum Gasteiger partial charge on any atom is 0.168 e. The molecule has 0 aliphatic heterocycles. The molecule has 0 atom stereocenters. The van der Waals surface area contributed by atoms with Crippen molar-refractivity contribution in [2.45, 2.75) is 45.3 Å². The highest BCUT2D eigenvalue weighted by atomic mass is 28.3. The Kier molecular flexibility index (Phi) is 3.47. The molecule has 0 radical (unpaired) electrons. The molecule has 14 heavy (non-hydrogen) atoms. The molecule has 0 amide bonds. The van der Waals surface area contributed by atoms with Gasteiger partial charge in [0.2, 0.25) is 0 Å². The first kappa shape index (κ1) is 11.4. The van der Waals surface area contributed by atoms with Gasteiger partial charge in [0.25, 0.3) is 0 Å². The number of hydrogen-bond donors (Lipinski definition) is 0. The minimum atomic E-state index is -1.33. The van der Waals surface area contributed by atoms with Crippen LogP contribution in [-0.4, -0.2) is 31.5 Å². The van der Waals surface area contributed by atoms with E-state index in [9.17, 15) is 4.79 Å². The van der Waals surface area contributed by atoms with Crippen molar-refractivity contribution in [2.75, 3.05) is 7.05 Å². The van der Waals surface area contributed by atoms with Crippen molar-refractivity contribution >= 4 is 19.7 Å². The Labute approximate surface area is 87.3 Å². The maximum atomic E-state index is 11.2. The second kappa shape index (κ2) is 4.25. The first-order valence-electron chi connectivity index (χ1n) is 5.21. The molecule has 0 bridgehead atoms. The molecule has 0 spiro atoms. The summed E-state index contributed by atoms with van der Waals surface area (Å²) in [4.78, 5) is 11.2. The molecule has 1 rings (SSSR count). The number of carbonyl (C=O) groups excluding carboxylic acids is 1. The van der Waals surface area contributed by atoms with E-state index < -0.39 is 8.24 Å². The molecule has 3 nitrogen and oxygen atoms in total. The molecular formula is C10H20N2OSi. The van der Waals surface area contributed by atoms with Crippen molar-refractivity contribution in [2.24, 2.45) is 5.10 Å². The zero-order chi connectivity index (χ0) is 10.8. The van der Waals surface area contributed by atoms with Gasteiger partial charge in [-0.1, -0.05) is 19.6 Å². The topological polar surface area (TPSA) is 32.7 Å². The van der Waals surface area contributed by atoms with E-state index in [1.165, 1.54) is 0 Å². The number of ketones is 1. The molecule has 1 fully saturated rings. The van der Waals surface area contributed by atoms with Gasteiger partial charge in [-0.25, -0.2) is 0 Å². The number of carbonyl (C=O) groups is 1. The average molecular weight is 212 g/mol. The minimum absolute atomic E-state index is 0.346. The number of hydrazone groups is 1. The molecule has 1 saturated carbocycles. The molecule has 1 aliphatic carbocycles. The number of rotatable bonds is 2. The lowest BCUT2D eigenvalue weighted by molar-refractivity contribution is -0.118. The van der Waals surface area contributed by atoms with E-state index in [-0.39, 0.29) is 0 Å². The van der Waals surface area contributed by atoms with E-state index in [4.69, 9.17) is 0 Å². The van der Waals surface area contributed by atoms with Gasteiger partial charge in [0, 0.05) is 25.6 Å². The molecule has 0 N–H and O–H groups in total. The van der Waals surface area contributed by atoms with Crippen LogP contribution in [0.5, 0.6) is 0 Å². The fraction of sp³-hybridized carbons (Fsp3) is 0.800. The van der Waals surface area contributed by atoms with E-state index in [2.05, 4.69) is 29.4 Å². The van der Waals surface area contributed by atoms with E-state index >= 15 is 0 Å². The van der Waals surface area contributed by atoms with Crippen molar-refractivity contribution in [1.29, 1.82) is 0 Å². The van der Waals surface area contributed by atoms with Crippen molar-refractivity contribution < 1.29 is 4.79 Å². The maximum absolute atomic E-state index is 11.2. The molecular weight excluding hydrogens is 192 g/mol. The molecule has 0 unspecified atom stereocenters. The highest BCUT2D eigenvalue weighted by Crippen LogP contribution is 2.14. The van der Waals surface area contributed by atoms with Gasteiger partial charge in [-0.2, -0.15) is 5.10 Å². The van der Waals surface area contributed by atoms with Crippen LogP contribution >= 0.6 is 0 Å². The molecule has 0 aromatic heterocycles. The Morgan fingerprint density at radius 1 is 1.29 bits per heavy atom. The van der Waals surface area contributed by atoms with Crippen LogP contribution in [0.25, 0.3) is 0 Å². The number of hydrogen-bond acceptors (Lipinski definition) is 3. The first-order valence-corrected chi connectivity index (χ1v) is 8.66. The summed E-state index contributed by atoms with van der Waals surface area (Å²) < 4.78 is 2.08. The number of nitrogens with zero attached hydrogens (tertiary/aromatic N) is 2. The van der Waals surface area contributed by atoms with Crippen LogP contribution in [0.2, 0.25) is 19.6 Å². The Bertz CT molecular complexity index is 255. The summed E-state index contributed by atoms with van der Waals surface area (Å²) in [6, 6.07) is 0. The zero-order valence-electron chi connectivity index (χ0n) is 9.63.